The van der Waals surface area contributed by atoms with Crippen molar-refractivity contribution in [2.24, 2.45) is 0 Å². The molecule has 10 heteroatoms. The number of nitrogens with zero attached hydrogens (tertiary/aromatic N) is 1. The normalized spacial score (nSPS) is 22.3. The molecule has 49 heavy (non-hydrogen) atoms. The van der Waals surface area contributed by atoms with Gasteiger partial charge in [-0.05, 0) is 40.7 Å². The Morgan fingerprint density at radius 3 is 2.24 bits per heavy atom. The SMILES string of the molecule is O=C(O)CCCCCC(=O)NCc1ccccc1-c1ccc([C@@H]2O[C@H](CN3CCC4(CC3)OCCO4)C[C@H](c3ccc(CO)cc3)O2)cc1. The third kappa shape index (κ3) is 9.54. The van der Waals surface area contributed by atoms with Crippen LogP contribution >= 0.6 is 0 Å². The Kier molecular flexibility index (Phi) is 12.1. The van der Waals surface area contributed by atoms with E-state index in [9.17, 15) is 14.7 Å². The summed E-state index contributed by atoms with van der Waals surface area (Å²) in [6.45, 7) is 4.32. The lowest BCUT2D eigenvalue weighted by atomic mass is 9.97. The number of aliphatic hydroxyl groups is 1. The molecule has 0 bridgehead atoms. The summed E-state index contributed by atoms with van der Waals surface area (Å²) < 4.78 is 25.1. The van der Waals surface area contributed by atoms with Crippen LogP contribution in [0.15, 0.2) is 72.8 Å². The summed E-state index contributed by atoms with van der Waals surface area (Å²) in [6.07, 6.45) is 4.19. The fourth-order valence-corrected chi connectivity index (χ4v) is 6.98. The maximum absolute atomic E-state index is 12.5. The van der Waals surface area contributed by atoms with Gasteiger partial charge < -0.3 is 39.4 Å². The van der Waals surface area contributed by atoms with Gasteiger partial charge in [0.2, 0.25) is 5.91 Å². The van der Waals surface area contributed by atoms with Crippen molar-refractivity contribution < 1.29 is 38.7 Å². The molecule has 3 saturated heterocycles. The molecular weight excluding hydrogens is 624 g/mol. The number of unbranched alkanes of at least 4 members (excludes halogenated alkanes) is 2. The number of carbonyl (C=O) groups is 2. The Morgan fingerprint density at radius 1 is 0.837 bits per heavy atom. The zero-order valence-electron chi connectivity index (χ0n) is 28.1. The van der Waals surface area contributed by atoms with Crippen molar-refractivity contribution in [1.82, 2.24) is 10.2 Å². The van der Waals surface area contributed by atoms with Gasteiger partial charge in [-0.25, -0.2) is 0 Å². The van der Waals surface area contributed by atoms with Gasteiger partial charge in [-0.3, -0.25) is 9.59 Å². The van der Waals surface area contributed by atoms with Crippen LogP contribution in [0, 0.1) is 0 Å². The van der Waals surface area contributed by atoms with Gasteiger partial charge in [-0.1, -0.05) is 79.2 Å². The van der Waals surface area contributed by atoms with Gasteiger partial charge in [0.05, 0.1) is 32.0 Å². The highest BCUT2D eigenvalue weighted by atomic mass is 16.7. The first-order valence-corrected chi connectivity index (χ1v) is 17.6. The van der Waals surface area contributed by atoms with Gasteiger partial charge in [-0.15, -0.1) is 0 Å². The molecule has 3 heterocycles. The number of carboxylic acid groups (broad SMARTS) is 1. The summed E-state index contributed by atoms with van der Waals surface area (Å²) in [4.78, 5) is 25.6. The van der Waals surface area contributed by atoms with Crippen molar-refractivity contribution in [2.45, 2.75) is 88.8 Å². The Balaban J connectivity index is 1.10. The van der Waals surface area contributed by atoms with E-state index in [4.69, 9.17) is 24.1 Å². The topological polar surface area (TPSA) is 127 Å². The van der Waals surface area contributed by atoms with Gasteiger partial charge >= 0.3 is 5.97 Å². The number of carbonyl (C=O) groups excluding carboxylic acids is 1. The average molecular weight is 673 g/mol. The second-order valence-corrected chi connectivity index (χ2v) is 13.3. The van der Waals surface area contributed by atoms with Gasteiger partial charge in [0.15, 0.2) is 12.1 Å². The Morgan fingerprint density at radius 2 is 1.53 bits per heavy atom. The summed E-state index contributed by atoms with van der Waals surface area (Å²) in [7, 11) is 0. The molecule has 3 aromatic rings. The number of rotatable bonds is 14. The largest absolute Gasteiger partial charge is 0.481 e. The number of piperidine rings is 1. The molecule has 0 radical (unpaired) electrons. The smallest absolute Gasteiger partial charge is 0.303 e. The quantitative estimate of drug-likeness (QED) is 0.180. The van der Waals surface area contributed by atoms with E-state index in [1.54, 1.807) is 0 Å². The van der Waals surface area contributed by atoms with Crippen molar-refractivity contribution in [1.29, 1.82) is 0 Å². The Bertz CT molecular complexity index is 1510. The van der Waals surface area contributed by atoms with E-state index in [2.05, 4.69) is 40.5 Å². The summed E-state index contributed by atoms with van der Waals surface area (Å²) in [6, 6.07) is 24.3. The van der Waals surface area contributed by atoms with Crippen LogP contribution in [0.1, 0.15) is 86.0 Å². The molecule has 6 rings (SSSR count). The number of benzene rings is 3. The first kappa shape index (κ1) is 35.2. The fourth-order valence-electron chi connectivity index (χ4n) is 6.98. The summed E-state index contributed by atoms with van der Waals surface area (Å²) in [5, 5.41) is 21.4. The molecule has 3 aliphatic rings. The van der Waals surface area contributed by atoms with Crippen LogP contribution in [0.2, 0.25) is 0 Å². The molecule has 0 aliphatic carbocycles. The average Bonchev–Trinajstić information content (AvgIpc) is 3.59. The lowest BCUT2D eigenvalue weighted by Crippen LogP contribution is -2.48. The van der Waals surface area contributed by atoms with Gasteiger partial charge in [0.1, 0.15) is 0 Å². The number of nitrogens with one attached hydrogen (secondary N) is 1. The highest BCUT2D eigenvalue weighted by Crippen LogP contribution is 2.39. The first-order valence-electron chi connectivity index (χ1n) is 17.6. The second kappa shape index (κ2) is 16.8. The zero-order valence-corrected chi connectivity index (χ0v) is 28.1. The molecular formula is C39H48N2O8. The van der Waals surface area contributed by atoms with Crippen molar-refractivity contribution in [2.75, 3.05) is 32.8 Å². The first-order chi connectivity index (χ1) is 23.9. The zero-order chi connectivity index (χ0) is 34.1. The maximum atomic E-state index is 12.5. The predicted octanol–water partition coefficient (Wildman–Crippen LogP) is 5.88. The summed E-state index contributed by atoms with van der Waals surface area (Å²) in [5.74, 6) is -1.25. The molecule has 0 unspecified atom stereocenters. The van der Waals surface area contributed by atoms with Crippen LogP contribution in [0.4, 0.5) is 0 Å². The third-order valence-electron chi connectivity index (χ3n) is 9.79. The number of aliphatic hydroxyl groups excluding tert-OH is 1. The van der Waals surface area contributed by atoms with E-state index < -0.39 is 18.0 Å². The standard InChI is InChI=1S/C39H48N2O8/c42-27-28-10-12-30(13-11-28)35-24-33(26-41-20-18-39(19-21-41)46-22-23-47-39)48-38(49-35)31-16-14-29(15-17-31)34-7-5-4-6-32(34)25-40-36(43)8-2-1-3-9-37(44)45/h4-7,10-17,33,35,38,42H,1-3,8-9,18-27H2,(H,40,43)(H,44,45)/t33-,35+,38+/m0/s1. The molecule has 10 nitrogen and oxygen atoms in total. The monoisotopic (exact) mass is 672 g/mol. The van der Waals surface area contributed by atoms with E-state index in [-0.39, 0.29) is 31.1 Å². The number of hydrogen-bond donors (Lipinski definition) is 3. The van der Waals surface area contributed by atoms with E-state index in [0.717, 1.165) is 78.7 Å². The lowest BCUT2D eigenvalue weighted by Gasteiger charge is -2.41. The van der Waals surface area contributed by atoms with E-state index in [1.807, 2.05) is 42.5 Å². The van der Waals surface area contributed by atoms with Crippen LogP contribution in [0.5, 0.6) is 0 Å². The van der Waals surface area contributed by atoms with E-state index in [0.29, 0.717) is 39.0 Å². The molecule has 1 spiro atoms. The van der Waals surface area contributed by atoms with E-state index >= 15 is 0 Å². The molecule has 3 aliphatic heterocycles. The fraction of sp³-hybridized carbons (Fsp3) is 0.487. The molecule has 3 atom stereocenters. The van der Waals surface area contributed by atoms with Crippen LogP contribution in [-0.2, 0) is 41.7 Å². The summed E-state index contributed by atoms with van der Waals surface area (Å²) >= 11 is 0. The number of ether oxygens (including phenoxy) is 4. The number of carboxylic acids is 1. The minimum absolute atomic E-state index is 0.00206. The lowest BCUT2D eigenvalue weighted by molar-refractivity contribution is -0.255. The molecule has 1 amide bonds. The summed E-state index contributed by atoms with van der Waals surface area (Å²) in [5.41, 5.74) is 5.95. The molecule has 0 saturated carbocycles. The van der Waals surface area contributed by atoms with Crippen LogP contribution in [-0.4, -0.2) is 71.7 Å². The minimum Gasteiger partial charge on any atom is -0.481 e. The van der Waals surface area contributed by atoms with Crippen LogP contribution in [0.25, 0.3) is 11.1 Å². The van der Waals surface area contributed by atoms with Crippen LogP contribution in [0.3, 0.4) is 0 Å². The third-order valence-corrected chi connectivity index (χ3v) is 9.79. The minimum atomic E-state index is -0.802. The molecule has 0 aromatic heterocycles. The number of amides is 1. The van der Waals surface area contributed by atoms with E-state index in [1.165, 1.54) is 0 Å². The number of aliphatic carboxylic acids is 1. The van der Waals surface area contributed by atoms with Crippen molar-refractivity contribution >= 4 is 11.9 Å². The van der Waals surface area contributed by atoms with Gasteiger partial charge in [-0.2, -0.15) is 0 Å². The molecule has 3 fully saturated rings. The highest BCUT2D eigenvalue weighted by molar-refractivity contribution is 5.76. The number of hydrogen-bond acceptors (Lipinski definition) is 8. The predicted molar refractivity (Wildman–Crippen MR) is 183 cm³/mol. The maximum Gasteiger partial charge on any atom is 0.303 e. The highest BCUT2D eigenvalue weighted by Gasteiger charge is 2.41. The van der Waals surface area contributed by atoms with Crippen LogP contribution < -0.4 is 5.32 Å². The van der Waals surface area contributed by atoms with Gasteiger partial charge in [0, 0.05) is 63.8 Å². The molecule has 3 aromatic carbocycles. The Labute approximate surface area is 288 Å². The molecule has 262 valence electrons. The van der Waals surface area contributed by atoms with Crippen molar-refractivity contribution in [3.05, 3.63) is 95.1 Å². The number of likely N-dealkylation sites (tertiary alicyclic amines) is 1. The van der Waals surface area contributed by atoms with Gasteiger partial charge in [0.25, 0.3) is 0 Å². The van der Waals surface area contributed by atoms with Crippen molar-refractivity contribution in [3.63, 3.8) is 0 Å². The second-order valence-electron chi connectivity index (χ2n) is 13.3. The molecule has 3 N–H and O–H groups in total. The van der Waals surface area contributed by atoms with Crippen molar-refractivity contribution in [3.8, 4) is 11.1 Å². The Hall–Kier alpha value is -3.64.